The van der Waals surface area contributed by atoms with E-state index in [1.807, 2.05) is 0 Å². The van der Waals surface area contributed by atoms with Gasteiger partial charge in [-0.05, 0) is 42.0 Å². The van der Waals surface area contributed by atoms with E-state index in [0.29, 0.717) is 15.5 Å². The topological polar surface area (TPSA) is 45.9 Å². The molecule has 0 radical (unpaired) electrons. The molecule has 0 aliphatic rings. The van der Waals surface area contributed by atoms with Crippen molar-refractivity contribution in [2.45, 2.75) is 6.18 Å². The Kier molecular flexibility index (Phi) is 4.47. The number of nitriles is 1. The van der Waals surface area contributed by atoms with E-state index in [9.17, 15) is 18.4 Å². The van der Waals surface area contributed by atoms with E-state index >= 15 is 0 Å². The lowest BCUT2D eigenvalue weighted by Gasteiger charge is -2.04. The number of thiazole rings is 1. The number of halogens is 3. The van der Waals surface area contributed by atoms with Crippen molar-refractivity contribution in [1.29, 1.82) is 5.26 Å². The standard InChI is InChI=1S/C18H11F3N2OS/c1-24-14-4-2-3-11(8-14)7-12(10-22)17-23-15-9-13(18(19,20)21)5-6-16(15)25-17/h2-9H,1H3. The van der Waals surface area contributed by atoms with Crippen molar-refractivity contribution in [2.75, 3.05) is 7.11 Å². The maximum absolute atomic E-state index is 12.8. The third kappa shape index (κ3) is 3.64. The van der Waals surface area contributed by atoms with Crippen LogP contribution in [-0.2, 0) is 6.18 Å². The molecule has 1 heterocycles. The van der Waals surface area contributed by atoms with Gasteiger partial charge in [0.2, 0.25) is 0 Å². The summed E-state index contributed by atoms with van der Waals surface area (Å²) in [4.78, 5) is 4.19. The number of allylic oxidation sites excluding steroid dienone is 1. The molecular formula is C18H11F3N2OS. The van der Waals surface area contributed by atoms with Crippen LogP contribution in [0.1, 0.15) is 16.1 Å². The third-order valence-corrected chi connectivity index (χ3v) is 4.54. The molecule has 0 atom stereocenters. The zero-order chi connectivity index (χ0) is 18.0. The van der Waals surface area contributed by atoms with Gasteiger partial charge in [0.25, 0.3) is 0 Å². The normalized spacial score (nSPS) is 12.2. The Morgan fingerprint density at radius 3 is 2.72 bits per heavy atom. The molecule has 0 saturated carbocycles. The summed E-state index contributed by atoms with van der Waals surface area (Å²) >= 11 is 1.18. The number of rotatable bonds is 3. The fourth-order valence-electron chi connectivity index (χ4n) is 2.26. The number of methoxy groups -OCH3 is 1. The largest absolute Gasteiger partial charge is 0.497 e. The van der Waals surface area contributed by atoms with E-state index in [2.05, 4.69) is 11.1 Å². The number of fused-ring (bicyclic) bond motifs is 1. The maximum Gasteiger partial charge on any atom is 0.416 e. The number of benzene rings is 2. The lowest BCUT2D eigenvalue weighted by molar-refractivity contribution is -0.137. The summed E-state index contributed by atoms with van der Waals surface area (Å²) in [6.07, 6.45) is -2.79. The zero-order valence-electron chi connectivity index (χ0n) is 13.0. The molecule has 3 nitrogen and oxygen atoms in total. The van der Waals surface area contributed by atoms with Gasteiger partial charge in [-0.2, -0.15) is 18.4 Å². The van der Waals surface area contributed by atoms with Gasteiger partial charge in [0.15, 0.2) is 0 Å². The molecule has 3 rings (SSSR count). The van der Waals surface area contributed by atoms with Crippen LogP contribution in [0.2, 0.25) is 0 Å². The highest BCUT2D eigenvalue weighted by molar-refractivity contribution is 7.19. The predicted octanol–water partition coefficient (Wildman–Crippen LogP) is 5.39. The molecule has 0 saturated heterocycles. The molecule has 0 fully saturated rings. The number of ether oxygens (including phenoxy) is 1. The van der Waals surface area contributed by atoms with Crippen LogP contribution in [0.3, 0.4) is 0 Å². The van der Waals surface area contributed by atoms with Crippen LogP contribution in [0.4, 0.5) is 13.2 Å². The first-order chi connectivity index (χ1) is 11.9. The van der Waals surface area contributed by atoms with E-state index in [-0.39, 0.29) is 11.1 Å². The van der Waals surface area contributed by atoms with Crippen LogP contribution in [0.25, 0.3) is 21.9 Å². The first kappa shape index (κ1) is 17.0. The van der Waals surface area contributed by atoms with Crippen LogP contribution in [0.5, 0.6) is 5.75 Å². The summed E-state index contributed by atoms with van der Waals surface area (Å²) in [5.74, 6) is 0.644. The number of nitrogens with zero attached hydrogens (tertiary/aromatic N) is 2. The molecule has 0 bridgehead atoms. The van der Waals surface area contributed by atoms with E-state index in [1.54, 1.807) is 37.5 Å². The monoisotopic (exact) mass is 360 g/mol. The molecule has 0 aliphatic carbocycles. The maximum atomic E-state index is 12.8. The fourth-order valence-corrected chi connectivity index (χ4v) is 3.17. The zero-order valence-corrected chi connectivity index (χ0v) is 13.8. The highest BCUT2D eigenvalue weighted by Crippen LogP contribution is 2.34. The van der Waals surface area contributed by atoms with Gasteiger partial charge < -0.3 is 4.74 Å². The Bertz CT molecular complexity index is 999. The first-order valence-electron chi connectivity index (χ1n) is 7.15. The van der Waals surface area contributed by atoms with Gasteiger partial charge in [-0.15, -0.1) is 11.3 Å². The molecule has 0 amide bonds. The second-order valence-corrected chi connectivity index (χ2v) is 6.18. The van der Waals surface area contributed by atoms with E-state index in [0.717, 1.165) is 17.7 Å². The highest BCUT2D eigenvalue weighted by atomic mass is 32.1. The smallest absolute Gasteiger partial charge is 0.416 e. The molecule has 3 aromatic rings. The van der Waals surface area contributed by atoms with Crippen molar-refractivity contribution < 1.29 is 17.9 Å². The molecule has 7 heteroatoms. The van der Waals surface area contributed by atoms with Crippen molar-refractivity contribution in [3.05, 3.63) is 58.6 Å². The molecule has 0 unspecified atom stereocenters. The molecule has 0 spiro atoms. The molecule has 0 aliphatic heterocycles. The second kappa shape index (κ2) is 6.57. The second-order valence-electron chi connectivity index (χ2n) is 5.15. The third-order valence-electron chi connectivity index (χ3n) is 3.47. The van der Waals surface area contributed by atoms with E-state index in [4.69, 9.17) is 4.74 Å². The van der Waals surface area contributed by atoms with Crippen LogP contribution in [-0.4, -0.2) is 12.1 Å². The van der Waals surface area contributed by atoms with Crippen molar-refractivity contribution in [2.24, 2.45) is 0 Å². The van der Waals surface area contributed by atoms with Crippen LogP contribution in [0, 0.1) is 11.3 Å². The Morgan fingerprint density at radius 1 is 1.24 bits per heavy atom. The molecule has 1 aromatic heterocycles. The number of hydrogen-bond donors (Lipinski definition) is 0. The van der Waals surface area contributed by atoms with Gasteiger partial charge in [-0.25, -0.2) is 4.98 Å². The molecule has 126 valence electrons. The Hall–Kier alpha value is -2.85. The van der Waals surface area contributed by atoms with Crippen LogP contribution in [0.15, 0.2) is 42.5 Å². The molecular weight excluding hydrogens is 349 g/mol. The van der Waals surface area contributed by atoms with Crippen LogP contribution < -0.4 is 4.74 Å². The Labute approximate surface area is 145 Å². The predicted molar refractivity (Wildman–Crippen MR) is 91.1 cm³/mol. The van der Waals surface area contributed by atoms with E-state index in [1.165, 1.54) is 17.4 Å². The van der Waals surface area contributed by atoms with Crippen LogP contribution >= 0.6 is 11.3 Å². The SMILES string of the molecule is COc1cccc(C=C(C#N)c2nc3cc(C(F)(F)F)ccc3s2)c1. The fraction of sp³-hybridized carbons (Fsp3) is 0.111. The van der Waals surface area contributed by atoms with Gasteiger partial charge in [-0.3, -0.25) is 0 Å². The summed E-state index contributed by atoms with van der Waals surface area (Å²) < 4.78 is 44.1. The molecule has 2 aromatic carbocycles. The van der Waals surface area contributed by atoms with Gasteiger partial charge in [0.05, 0.1) is 28.5 Å². The summed E-state index contributed by atoms with van der Waals surface area (Å²) in [5, 5.41) is 9.79. The van der Waals surface area contributed by atoms with Gasteiger partial charge in [0.1, 0.15) is 16.8 Å². The first-order valence-corrected chi connectivity index (χ1v) is 7.96. The number of aromatic nitrogens is 1. The minimum atomic E-state index is -4.42. The summed E-state index contributed by atoms with van der Waals surface area (Å²) in [6.45, 7) is 0. The average molecular weight is 360 g/mol. The van der Waals surface area contributed by atoms with Crippen molar-refractivity contribution in [3.8, 4) is 11.8 Å². The lowest BCUT2D eigenvalue weighted by atomic mass is 10.1. The van der Waals surface area contributed by atoms with Gasteiger partial charge in [0, 0.05) is 0 Å². The lowest BCUT2D eigenvalue weighted by Crippen LogP contribution is -2.03. The minimum Gasteiger partial charge on any atom is -0.497 e. The minimum absolute atomic E-state index is 0.224. The number of hydrogen-bond acceptors (Lipinski definition) is 4. The summed E-state index contributed by atoms with van der Waals surface area (Å²) in [7, 11) is 1.54. The Morgan fingerprint density at radius 2 is 2.04 bits per heavy atom. The quantitative estimate of drug-likeness (QED) is 0.589. The summed E-state index contributed by atoms with van der Waals surface area (Å²) in [5.41, 5.74) is 0.489. The molecule has 0 N–H and O–H groups in total. The van der Waals surface area contributed by atoms with Crippen molar-refractivity contribution in [3.63, 3.8) is 0 Å². The van der Waals surface area contributed by atoms with Gasteiger partial charge in [-0.1, -0.05) is 12.1 Å². The average Bonchev–Trinajstić information content (AvgIpc) is 3.02. The Balaban J connectivity index is 2.04. The number of alkyl halides is 3. The molecule has 25 heavy (non-hydrogen) atoms. The van der Waals surface area contributed by atoms with Gasteiger partial charge >= 0.3 is 6.18 Å². The van der Waals surface area contributed by atoms with Crippen molar-refractivity contribution in [1.82, 2.24) is 4.98 Å². The highest BCUT2D eigenvalue weighted by Gasteiger charge is 2.30. The van der Waals surface area contributed by atoms with Crippen molar-refractivity contribution >= 4 is 33.2 Å². The summed E-state index contributed by atoms with van der Waals surface area (Å²) in [6, 6.07) is 12.6. The van der Waals surface area contributed by atoms with E-state index < -0.39 is 11.7 Å².